The highest BCUT2D eigenvalue weighted by atomic mass is 32.2. The number of aromatic nitrogens is 1. The minimum absolute atomic E-state index is 0.0224. The molecule has 1 aromatic heterocycles. The van der Waals surface area contributed by atoms with Gasteiger partial charge in [0.1, 0.15) is 0 Å². The molecular weight excluding hydrogens is 398 g/mol. The number of rotatable bonds is 3. The van der Waals surface area contributed by atoms with Gasteiger partial charge in [0.25, 0.3) is 5.91 Å². The van der Waals surface area contributed by atoms with Gasteiger partial charge in [0.2, 0.25) is 10.0 Å². The number of para-hydroxylation sites is 1. The summed E-state index contributed by atoms with van der Waals surface area (Å²) in [4.78, 5) is 18.3. The van der Waals surface area contributed by atoms with Crippen molar-refractivity contribution in [2.75, 3.05) is 29.7 Å². The maximum Gasteiger partial charge on any atom is 0.253 e. The highest BCUT2D eigenvalue weighted by molar-refractivity contribution is 7.93. The predicted molar refractivity (Wildman–Crippen MR) is 118 cm³/mol. The van der Waals surface area contributed by atoms with Gasteiger partial charge in [-0.1, -0.05) is 24.3 Å². The summed E-state index contributed by atoms with van der Waals surface area (Å²) in [6.07, 6.45) is 4.58. The Bertz CT molecular complexity index is 1190. The molecule has 7 heteroatoms. The van der Waals surface area contributed by atoms with Gasteiger partial charge in [-0.3, -0.25) is 9.10 Å². The second-order valence-electron chi connectivity index (χ2n) is 8.15. The summed E-state index contributed by atoms with van der Waals surface area (Å²) >= 11 is 0. The van der Waals surface area contributed by atoms with Crippen molar-refractivity contribution in [1.29, 1.82) is 0 Å². The number of sulfonamides is 1. The number of likely N-dealkylation sites (tertiary alicyclic amines) is 1. The number of amides is 1. The van der Waals surface area contributed by atoms with Crippen LogP contribution >= 0.6 is 0 Å². The summed E-state index contributed by atoms with van der Waals surface area (Å²) in [5.74, 6) is 0.587. The fourth-order valence-electron chi connectivity index (χ4n) is 4.73. The lowest BCUT2D eigenvalue weighted by atomic mass is 9.89. The molecule has 2 saturated heterocycles. The molecule has 0 spiro atoms. The summed E-state index contributed by atoms with van der Waals surface area (Å²) in [5.41, 5.74) is 3.63. The summed E-state index contributed by atoms with van der Waals surface area (Å²) in [6.45, 7) is 1.89. The van der Waals surface area contributed by atoms with Crippen molar-refractivity contribution in [2.45, 2.75) is 25.2 Å². The third-order valence-electron chi connectivity index (χ3n) is 6.32. The molecule has 0 atom stereocenters. The van der Waals surface area contributed by atoms with Gasteiger partial charge in [0, 0.05) is 42.3 Å². The van der Waals surface area contributed by atoms with Crippen molar-refractivity contribution < 1.29 is 13.2 Å². The van der Waals surface area contributed by atoms with Crippen molar-refractivity contribution in [3.8, 4) is 0 Å². The van der Waals surface area contributed by atoms with E-state index in [0.717, 1.165) is 18.4 Å². The average Bonchev–Trinajstić information content (AvgIpc) is 3.36. The van der Waals surface area contributed by atoms with Crippen LogP contribution in [0.2, 0.25) is 0 Å². The number of aromatic amines is 1. The monoisotopic (exact) mass is 423 g/mol. The van der Waals surface area contributed by atoms with E-state index in [1.54, 1.807) is 24.3 Å². The first-order valence-electron chi connectivity index (χ1n) is 10.5. The number of nitrogens with one attached hydrogen (secondary N) is 1. The number of anilines is 1. The molecular formula is C23H25N3O3S. The van der Waals surface area contributed by atoms with Crippen LogP contribution in [-0.4, -0.2) is 49.6 Å². The van der Waals surface area contributed by atoms with Gasteiger partial charge in [-0.05, 0) is 55.0 Å². The summed E-state index contributed by atoms with van der Waals surface area (Å²) < 4.78 is 25.9. The lowest BCUT2D eigenvalue weighted by Gasteiger charge is -2.32. The van der Waals surface area contributed by atoms with Crippen molar-refractivity contribution in [3.05, 3.63) is 65.9 Å². The molecule has 0 radical (unpaired) electrons. The summed E-state index contributed by atoms with van der Waals surface area (Å²) in [7, 11) is -3.25. The smallest absolute Gasteiger partial charge is 0.253 e. The Hall–Kier alpha value is -2.80. The number of carbonyl (C=O) groups is 1. The fraction of sp³-hybridized carbons (Fsp3) is 0.348. The zero-order valence-electron chi connectivity index (χ0n) is 16.8. The van der Waals surface area contributed by atoms with Crippen LogP contribution in [0.5, 0.6) is 0 Å². The first-order chi connectivity index (χ1) is 14.5. The fourth-order valence-corrected chi connectivity index (χ4v) is 6.29. The van der Waals surface area contributed by atoms with Crippen LogP contribution in [-0.2, 0) is 10.0 Å². The van der Waals surface area contributed by atoms with Crippen LogP contribution in [0.4, 0.5) is 5.69 Å². The molecule has 2 aliphatic rings. The summed E-state index contributed by atoms with van der Waals surface area (Å²) in [5, 5.41) is 1.27. The van der Waals surface area contributed by atoms with Crippen molar-refractivity contribution in [3.63, 3.8) is 0 Å². The largest absolute Gasteiger partial charge is 0.361 e. The van der Waals surface area contributed by atoms with E-state index in [9.17, 15) is 13.2 Å². The Morgan fingerprint density at radius 2 is 1.80 bits per heavy atom. The molecule has 0 aliphatic carbocycles. The Morgan fingerprint density at radius 1 is 1.00 bits per heavy atom. The van der Waals surface area contributed by atoms with E-state index in [-0.39, 0.29) is 11.7 Å². The number of carbonyl (C=O) groups excluding carboxylic acids is 1. The van der Waals surface area contributed by atoms with Gasteiger partial charge >= 0.3 is 0 Å². The van der Waals surface area contributed by atoms with Crippen LogP contribution in [0.1, 0.15) is 41.1 Å². The molecule has 156 valence electrons. The molecule has 6 nitrogen and oxygen atoms in total. The molecule has 1 N–H and O–H groups in total. The zero-order valence-corrected chi connectivity index (χ0v) is 17.6. The van der Waals surface area contributed by atoms with E-state index in [4.69, 9.17) is 0 Å². The normalized spacial score (nSPS) is 19.5. The third-order valence-corrected chi connectivity index (χ3v) is 8.19. The van der Waals surface area contributed by atoms with Gasteiger partial charge < -0.3 is 9.88 Å². The number of hydrogen-bond donors (Lipinski definition) is 1. The molecule has 3 heterocycles. The zero-order chi connectivity index (χ0) is 20.7. The van der Waals surface area contributed by atoms with Gasteiger partial charge in [-0.15, -0.1) is 0 Å². The molecule has 5 rings (SSSR count). The van der Waals surface area contributed by atoms with E-state index in [1.807, 2.05) is 11.0 Å². The first-order valence-corrected chi connectivity index (χ1v) is 12.1. The lowest BCUT2D eigenvalue weighted by molar-refractivity contribution is 0.0713. The van der Waals surface area contributed by atoms with Gasteiger partial charge in [-0.25, -0.2) is 8.42 Å². The Morgan fingerprint density at radius 3 is 2.57 bits per heavy atom. The van der Waals surface area contributed by atoms with E-state index in [0.29, 0.717) is 43.2 Å². The minimum atomic E-state index is -3.25. The molecule has 2 aromatic carbocycles. The Labute approximate surface area is 176 Å². The van der Waals surface area contributed by atoms with E-state index >= 15 is 0 Å². The number of benzene rings is 2. The van der Waals surface area contributed by atoms with Gasteiger partial charge in [-0.2, -0.15) is 0 Å². The Balaban J connectivity index is 1.30. The number of hydrogen-bond acceptors (Lipinski definition) is 3. The van der Waals surface area contributed by atoms with Crippen LogP contribution in [0.3, 0.4) is 0 Å². The van der Waals surface area contributed by atoms with Crippen LogP contribution < -0.4 is 4.31 Å². The Kier molecular flexibility index (Phi) is 4.77. The van der Waals surface area contributed by atoms with Crippen molar-refractivity contribution in [2.24, 2.45) is 0 Å². The second-order valence-corrected chi connectivity index (χ2v) is 10.2. The second kappa shape index (κ2) is 7.47. The van der Waals surface area contributed by atoms with E-state index in [1.165, 1.54) is 15.3 Å². The molecule has 3 aromatic rings. The molecule has 2 fully saturated rings. The molecule has 0 unspecified atom stereocenters. The topological polar surface area (TPSA) is 73.5 Å². The van der Waals surface area contributed by atoms with Crippen LogP contribution in [0.25, 0.3) is 10.9 Å². The predicted octanol–water partition coefficient (Wildman–Crippen LogP) is 3.73. The van der Waals surface area contributed by atoms with Crippen molar-refractivity contribution >= 4 is 32.5 Å². The summed E-state index contributed by atoms with van der Waals surface area (Å²) in [6, 6.07) is 15.4. The average molecular weight is 424 g/mol. The standard InChI is InChI=1S/C23H25N3O3S/c27-23(18-5-3-6-19(15-18)26-11-4-14-30(26,28)29)25-12-9-17(10-13-25)21-16-24-22-8-2-1-7-20(21)22/h1-3,5-8,15-17,24H,4,9-14H2. The highest BCUT2D eigenvalue weighted by Crippen LogP contribution is 2.33. The van der Waals surface area contributed by atoms with Gasteiger partial charge in [0.15, 0.2) is 0 Å². The van der Waals surface area contributed by atoms with E-state index in [2.05, 4.69) is 29.4 Å². The molecule has 0 saturated carbocycles. The maximum absolute atomic E-state index is 13.1. The first kappa shape index (κ1) is 19.2. The minimum Gasteiger partial charge on any atom is -0.361 e. The quantitative estimate of drug-likeness (QED) is 0.698. The lowest BCUT2D eigenvalue weighted by Crippen LogP contribution is -2.38. The molecule has 1 amide bonds. The number of piperidine rings is 1. The molecule has 30 heavy (non-hydrogen) atoms. The maximum atomic E-state index is 13.1. The number of H-pyrrole nitrogens is 1. The number of fused-ring (bicyclic) bond motifs is 1. The SMILES string of the molecule is O=C(c1cccc(N2CCCS2(=O)=O)c1)N1CCC(c2c[nH]c3ccccc23)CC1. The van der Waals surface area contributed by atoms with Crippen LogP contribution in [0.15, 0.2) is 54.7 Å². The molecule has 2 aliphatic heterocycles. The van der Waals surface area contributed by atoms with Gasteiger partial charge in [0.05, 0.1) is 11.4 Å². The molecule has 0 bridgehead atoms. The van der Waals surface area contributed by atoms with Crippen LogP contribution in [0, 0.1) is 0 Å². The highest BCUT2D eigenvalue weighted by Gasteiger charge is 2.30. The third kappa shape index (κ3) is 3.37. The van der Waals surface area contributed by atoms with E-state index < -0.39 is 10.0 Å². The van der Waals surface area contributed by atoms with Crippen molar-refractivity contribution in [1.82, 2.24) is 9.88 Å². The number of nitrogens with zero attached hydrogens (tertiary/aromatic N) is 2.